The lowest BCUT2D eigenvalue weighted by molar-refractivity contribution is -0.117. The van der Waals surface area contributed by atoms with Crippen molar-refractivity contribution < 1.29 is 9.90 Å². The standard InChI is InChI=1S/C15H24O2/c1-10-7-13(16)8-11(2)15(10)6-5-12(9-15)14(3,4)17/h7,11-12,17H,5-6,8-9H2,1-4H3. The van der Waals surface area contributed by atoms with Gasteiger partial charge in [0.15, 0.2) is 5.78 Å². The Morgan fingerprint density at radius 2 is 2.12 bits per heavy atom. The molecule has 2 aliphatic rings. The number of hydrogen-bond donors (Lipinski definition) is 1. The van der Waals surface area contributed by atoms with Gasteiger partial charge in [-0.25, -0.2) is 0 Å². The van der Waals surface area contributed by atoms with Crippen molar-refractivity contribution in [3.63, 3.8) is 0 Å². The molecule has 0 amide bonds. The van der Waals surface area contributed by atoms with E-state index in [-0.39, 0.29) is 11.2 Å². The van der Waals surface area contributed by atoms with Gasteiger partial charge < -0.3 is 5.11 Å². The molecule has 0 aliphatic heterocycles. The SMILES string of the molecule is CC1=CC(=O)CC(C)C12CCC(C(C)(C)O)C2. The Hall–Kier alpha value is -0.630. The average molecular weight is 236 g/mol. The van der Waals surface area contributed by atoms with Crippen molar-refractivity contribution in [3.05, 3.63) is 11.6 Å². The molecule has 2 aliphatic carbocycles. The number of ketones is 1. The van der Waals surface area contributed by atoms with E-state index in [4.69, 9.17) is 0 Å². The van der Waals surface area contributed by atoms with Crippen LogP contribution in [0.2, 0.25) is 0 Å². The topological polar surface area (TPSA) is 37.3 Å². The zero-order chi connectivity index (χ0) is 12.8. The fraction of sp³-hybridized carbons (Fsp3) is 0.800. The molecule has 1 fully saturated rings. The monoisotopic (exact) mass is 236 g/mol. The van der Waals surface area contributed by atoms with Gasteiger partial charge in [0.05, 0.1) is 5.60 Å². The normalized spacial score (nSPS) is 38.6. The second kappa shape index (κ2) is 3.94. The molecule has 0 heterocycles. The smallest absolute Gasteiger partial charge is 0.155 e. The Bertz CT molecular complexity index is 362. The summed E-state index contributed by atoms with van der Waals surface area (Å²) in [6, 6.07) is 0. The summed E-state index contributed by atoms with van der Waals surface area (Å²) < 4.78 is 0. The summed E-state index contributed by atoms with van der Waals surface area (Å²) in [5, 5.41) is 10.2. The lowest BCUT2D eigenvalue weighted by Gasteiger charge is -2.40. The van der Waals surface area contributed by atoms with E-state index in [0.29, 0.717) is 18.3 Å². The zero-order valence-corrected chi connectivity index (χ0v) is 11.4. The van der Waals surface area contributed by atoms with Gasteiger partial charge in [-0.05, 0) is 63.4 Å². The van der Waals surface area contributed by atoms with E-state index < -0.39 is 5.60 Å². The van der Waals surface area contributed by atoms with Crippen molar-refractivity contribution in [2.24, 2.45) is 17.3 Å². The highest BCUT2D eigenvalue weighted by molar-refractivity contribution is 5.91. The first-order valence-electron chi connectivity index (χ1n) is 6.70. The van der Waals surface area contributed by atoms with Gasteiger partial charge in [-0.3, -0.25) is 4.79 Å². The molecule has 0 aromatic rings. The molecule has 2 nitrogen and oxygen atoms in total. The molecule has 1 spiro atoms. The summed E-state index contributed by atoms with van der Waals surface area (Å²) in [6.07, 6.45) is 5.75. The Morgan fingerprint density at radius 3 is 2.59 bits per heavy atom. The van der Waals surface area contributed by atoms with Gasteiger partial charge in [0.25, 0.3) is 0 Å². The minimum atomic E-state index is -0.592. The van der Waals surface area contributed by atoms with E-state index in [9.17, 15) is 9.90 Å². The molecule has 2 heteroatoms. The summed E-state index contributed by atoms with van der Waals surface area (Å²) >= 11 is 0. The third kappa shape index (κ3) is 2.08. The quantitative estimate of drug-likeness (QED) is 0.759. The summed E-state index contributed by atoms with van der Waals surface area (Å²) in [5.74, 6) is 1.06. The highest BCUT2D eigenvalue weighted by Gasteiger charge is 2.49. The van der Waals surface area contributed by atoms with Gasteiger partial charge in [0, 0.05) is 6.42 Å². The molecule has 0 bridgehead atoms. The number of aliphatic hydroxyl groups is 1. The molecule has 2 rings (SSSR count). The van der Waals surface area contributed by atoms with Crippen LogP contribution in [0.4, 0.5) is 0 Å². The summed E-state index contributed by atoms with van der Waals surface area (Å²) in [4.78, 5) is 11.6. The third-order valence-electron chi connectivity index (χ3n) is 5.16. The first kappa shape index (κ1) is 12.8. The summed E-state index contributed by atoms with van der Waals surface area (Å²) in [6.45, 7) is 8.12. The molecule has 1 saturated carbocycles. The van der Waals surface area contributed by atoms with Crippen molar-refractivity contribution in [1.82, 2.24) is 0 Å². The Morgan fingerprint density at radius 1 is 1.47 bits per heavy atom. The molecular formula is C15H24O2. The van der Waals surface area contributed by atoms with E-state index in [0.717, 1.165) is 19.3 Å². The van der Waals surface area contributed by atoms with Crippen LogP contribution in [0.3, 0.4) is 0 Å². The fourth-order valence-electron chi connectivity index (χ4n) is 3.81. The van der Waals surface area contributed by atoms with Crippen molar-refractivity contribution in [3.8, 4) is 0 Å². The average Bonchev–Trinajstić information content (AvgIpc) is 2.59. The minimum Gasteiger partial charge on any atom is -0.390 e. The van der Waals surface area contributed by atoms with E-state index in [1.54, 1.807) is 0 Å². The van der Waals surface area contributed by atoms with Gasteiger partial charge >= 0.3 is 0 Å². The summed E-state index contributed by atoms with van der Waals surface area (Å²) in [7, 11) is 0. The third-order valence-corrected chi connectivity index (χ3v) is 5.16. The van der Waals surface area contributed by atoms with Crippen molar-refractivity contribution in [1.29, 1.82) is 0 Å². The van der Waals surface area contributed by atoms with E-state index >= 15 is 0 Å². The van der Waals surface area contributed by atoms with E-state index in [1.165, 1.54) is 5.57 Å². The number of carbonyl (C=O) groups excluding carboxylic acids is 1. The predicted octanol–water partition coefficient (Wildman–Crippen LogP) is 3.10. The molecular weight excluding hydrogens is 212 g/mol. The van der Waals surface area contributed by atoms with Gasteiger partial charge in [0.2, 0.25) is 0 Å². The van der Waals surface area contributed by atoms with Crippen LogP contribution < -0.4 is 0 Å². The molecule has 0 radical (unpaired) electrons. The van der Waals surface area contributed by atoms with Crippen molar-refractivity contribution >= 4 is 5.78 Å². The molecule has 17 heavy (non-hydrogen) atoms. The molecule has 0 aromatic carbocycles. The maximum atomic E-state index is 11.6. The zero-order valence-electron chi connectivity index (χ0n) is 11.4. The number of rotatable bonds is 1. The van der Waals surface area contributed by atoms with Crippen LogP contribution in [0, 0.1) is 17.3 Å². The highest BCUT2D eigenvalue weighted by atomic mass is 16.3. The van der Waals surface area contributed by atoms with Gasteiger partial charge in [-0.15, -0.1) is 0 Å². The maximum absolute atomic E-state index is 11.6. The Kier molecular flexibility index (Phi) is 2.97. The van der Waals surface area contributed by atoms with Gasteiger partial charge in [-0.1, -0.05) is 12.5 Å². The van der Waals surface area contributed by atoms with Gasteiger partial charge in [-0.2, -0.15) is 0 Å². The largest absolute Gasteiger partial charge is 0.390 e. The number of hydrogen-bond acceptors (Lipinski definition) is 2. The first-order valence-corrected chi connectivity index (χ1v) is 6.70. The molecule has 3 atom stereocenters. The van der Waals surface area contributed by atoms with Crippen molar-refractivity contribution in [2.45, 2.75) is 59.0 Å². The molecule has 1 N–H and O–H groups in total. The second-order valence-electron chi connectivity index (χ2n) is 6.65. The van der Waals surface area contributed by atoms with Crippen LogP contribution >= 0.6 is 0 Å². The highest BCUT2D eigenvalue weighted by Crippen LogP contribution is 2.56. The summed E-state index contributed by atoms with van der Waals surface area (Å²) in [5.41, 5.74) is 0.830. The predicted molar refractivity (Wildman–Crippen MR) is 68.6 cm³/mol. The number of allylic oxidation sites excluding steroid dienone is 2. The van der Waals surface area contributed by atoms with E-state index in [1.807, 2.05) is 19.9 Å². The van der Waals surface area contributed by atoms with Crippen LogP contribution in [0.25, 0.3) is 0 Å². The fourth-order valence-corrected chi connectivity index (χ4v) is 3.81. The van der Waals surface area contributed by atoms with Crippen LogP contribution in [0.5, 0.6) is 0 Å². The van der Waals surface area contributed by atoms with Crippen LogP contribution in [-0.2, 0) is 4.79 Å². The first-order chi connectivity index (χ1) is 7.75. The van der Waals surface area contributed by atoms with Crippen LogP contribution in [-0.4, -0.2) is 16.5 Å². The maximum Gasteiger partial charge on any atom is 0.155 e. The van der Waals surface area contributed by atoms with Gasteiger partial charge in [0.1, 0.15) is 0 Å². The number of carbonyl (C=O) groups is 1. The lowest BCUT2D eigenvalue weighted by atomic mass is 9.64. The van der Waals surface area contributed by atoms with Crippen molar-refractivity contribution in [2.75, 3.05) is 0 Å². The Balaban J connectivity index is 2.27. The lowest BCUT2D eigenvalue weighted by Crippen LogP contribution is -2.35. The molecule has 3 unspecified atom stereocenters. The molecule has 0 saturated heterocycles. The molecule has 96 valence electrons. The van der Waals surface area contributed by atoms with E-state index in [2.05, 4.69) is 13.8 Å². The Labute approximate surface area is 104 Å². The molecule has 0 aromatic heterocycles. The van der Waals surface area contributed by atoms with Crippen LogP contribution in [0.1, 0.15) is 53.4 Å². The second-order valence-corrected chi connectivity index (χ2v) is 6.65. The van der Waals surface area contributed by atoms with Crippen LogP contribution in [0.15, 0.2) is 11.6 Å². The minimum absolute atomic E-state index is 0.179.